The summed E-state index contributed by atoms with van der Waals surface area (Å²) in [5.41, 5.74) is 0.557. The number of carbonyl (C=O) groups excluding carboxylic acids is 2. The van der Waals surface area contributed by atoms with Crippen molar-refractivity contribution in [3.8, 4) is 0 Å². The van der Waals surface area contributed by atoms with Gasteiger partial charge >= 0.3 is 0 Å². The van der Waals surface area contributed by atoms with Crippen molar-refractivity contribution in [2.24, 2.45) is 0 Å². The van der Waals surface area contributed by atoms with Crippen LogP contribution in [0.25, 0.3) is 0 Å². The Kier molecular flexibility index (Phi) is 5.56. The van der Waals surface area contributed by atoms with Gasteiger partial charge in [-0.15, -0.1) is 0 Å². The molecule has 1 saturated heterocycles. The average Bonchev–Trinajstić information content (AvgIpc) is 2.63. The molecule has 0 aliphatic carbocycles. The Balaban J connectivity index is 2.16. The minimum absolute atomic E-state index is 0.137. The van der Waals surface area contributed by atoms with Crippen LogP contribution >= 0.6 is 11.6 Å². The summed E-state index contributed by atoms with van der Waals surface area (Å²) < 4.78 is 0. The summed E-state index contributed by atoms with van der Waals surface area (Å²) in [4.78, 5) is 29.7. The molecule has 0 spiro atoms. The number of halogens is 1. The van der Waals surface area contributed by atoms with Gasteiger partial charge in [-0.2, -0.15) is 0 Å². The van der Waals surface area contributed by atoms with Crippen molar-refractivity contribution in [2.45, 2.75) is 45.6 Å². The molecule has 1 aromatic heterocycles. The zero-order valence-corrected chi connectivity index (χ0v) is 12.9. The van der Waals surface area contributed by atoms with Crippen molar-refractivity contribution in [1.29, 1.82) is 0 Å². The summed E-state index contributed by atoms with van der Waals surface area (Å²) in [5.74, 6) is 0.440. The van der Waals surface area contributed by atoms with Crippen molar-refractivity contribution in [3.05, 3.63) is 22.8 Å². The van der Waals surface area contributed by atoms with Gasteiger partial charge < -0.3 is 5.32 Å². The first-order valence-corrected chi connectivity index (χ1v) is 7.72. The SMILES string of the molecule is CCCNc1ccc(Cl)c(CN2C(=O)CCCCC2=O)n1. The lowest BCUT2D eigenvalue weighted by atomic mass is 10.2. The predicted molar refractivity (Wildman–Crippen MR) is 82.1 cm³/mol. The molecule has 0 bridgehead atoms. The Morgan fingerprint density at radius 2 is 1.90 bits per heavy atom. The fourth-order valence-corrected chi connectivity index (χ4v) is 2.40. The third-order valence-electron chi connectivity index (χ3n) is 3.42. The van der Waals surface area contributed by atoms with Crippen LogP contribution in [0.2, 0.25) is 5.02 Å². The first kappa shape index (κ1) is 15.8. The van der Waals surface area contributed by atoms with Gasteiger partial charge in [0.15, 0.2) is 0 Å². The first-order valence-electron chi connectivity index (χ1n) is 7.34. The van der Waals surface area contributed by atoms with Crippen LogP contribution in [0.4, 0.5) is 5.82 Å². The Labute approximate surface area is 129 Å². The number of hydrogen-bond acceptors (Lipinski definition) is 4. The van der Waals surface area contributed by atoms with Crippen LogP contribution in [-0.2, 0) is 16.1 Å². The number of pyridine rings is 1. The van der Waals surface area contributed by atoms with Crippen molar-refractivity contribution >= 4 is 29.2 Å². The molecule has 5 nitrogen and oxygen atoms in total. The molecule has 6 heteroatoms. The lowest BCUT2D eigenvalue weighted by Gasteiger charge is -2.19. The van der Waals surface area contributed by atoms with E-state index >= 15 is 0 Å². The molecule has 0 atom stereocenters. The number of likely N-dealkylation sites (tertiary alicyclic amines) is 1. The van der Waals surface area contributed by atoms with Crippen molar-refractivity contribution in [2.75, 3.05) is 11.9 Å². The fourth-order valence-electron chi connectivity index (χ4n) is 2.23. The maximum Gasteiger partial charge on any atom is 0.229 e. The maximum atomic E-state index is 12.0. The van der Waals surface area contributed by atoms with E-state index in [0.717, 1.165) is 25.8 Å². The third kappa shape index (κ3) is 4.17. The summed E-state index contributed by atoms with van der Waals surface area (Å²) in [6, 6.07) is 3.54. The maximum absolute atomic E-state index is 12.0. The van der Waals surface area contributed by atoms with Crippen LogP contribution in [0.3, 0.4) is 0 Å². The Morgan fingerprint density at radius 3 is 2.52 bits per heavy atom. The zero-order chi connectivity index (χ0) is 15.2. The van der Waals surface area contributed by atoms with Gasteiger partial charge in [0.2, 0.25) is 11.8 Å². The summed E-state index contributed by atoms with van der Waals surface area (Å²) in [6.07, 6.45) is 3.34. The topological polar surface area (TPSA) is 62.3 Å². The molecule has 2 rings (SSSR count). The number of imide groups is 1. The lowest BCUT2D eigenvalue weighted by Crippen LogP contribution is -2.34. The smallest absolute Gasteiger partial charge is 0.229 e. The largest absolute Gasteiger partial charge is 0.370 e. The van der Waals surface area contributed by atoms with Gasteiger partial charge in [0.1, 0.15) is 5.82 Å². The van der Waals surface area contributed by atoms with Gasteiger partial charge in [-0.25, -0.2) is 4.98 Å². The number of amides is 2. The predicted octanol–water partition coefficient (Wildman–Crippen LogP) is 2.99. The van der Waals surface area contributed by atoms with Gasteiger partial charge in [0.05, 0.1) is 17.3 Å². The van der Waals surface area contributed by atoms with Gasteiger partial charge in [0.25, 0.3) is 0 Å². The average molecular weight is 310 g/mol. The second kappa shape index (κ2) is 7.41. The monoisotopic (exact) mass is 309 g/mol. The Hall–Kier alpha value is -1.62. The summed E-state index contributed by atoms with van der Waals surface area (Å²) >= 11 is 6.15. The third-order valence-corrected chi connectivity index (χ3v) is 3.76. The van der Waals surface area contributed by atoms with E-state index < -0.39 is 0 Å². The molecule has 0 unspecified atom stereocenters. The normalized spacial score (nSPS) is 16.0. The van der Waals surface area contributed by atoms with Gasteiger partial charge in [-0.1, -0.05) is 18.5 Å². The number of carbonyl (C=O) groups is 2. The van der Waals surface area contributed by atoms with Crippen LogP contribution in [-0.4, -0.2) is 28.2 Å². The molecule has 1 aromatic rings. The van der Waals surface area contributed by atoms with E-state index in [9.17, 15) is 9.59 Å². The number of aromatic nitrogens is 1. The van der Waals surface area contributed by atoms with E-state index in [1.165, 1.54) is 4.90 Å². The minimum atomic E-state index is -0.137. The molecular weight excluding hydrogens is 290 g/mol. The molecule has 1 aliphatic rings. The highest BCUT2D eigenvalue weighted by molar-refractivity contribution is 6.31. The highest BCUT2D eigenvalue weighted by atomic mass is 35.5. The molecule has 2 amide bonds. The molecule has 0 saturated carbocycles. The van der Waals surface area contributed by atoms with E-state index in [-0.39, 0.29) is 18.4 Å². The lowest BCUT2D eigenvalue weighted by molar-refractivity contribution is -0.144. The van der Waals surface area contributed by atoms with E-state index in [0.29, 0.717) is 29.4 Å². The van der Waals surface area contributed by atoms with Crippen LogP contribution in [0, 0.1) is 0 Å². The standard InChI is InChI=1S/C15H20ClN3O2/c1-2-9-17-13-8-7-11(16)12(18-13)10-19-14(20)5-3-4-6-15(19)21/h7-8H,2-6,9-10H2,1H3,(H,17,18). The van der Waals surface area contributed by atoms with E-state index in [2.05, 4.69) is 17.2 Å². The van der Waals surface area contributed by atoms with E-state index in [1.54, 1.807) is 12.1 Å². The van der Waals surface area contributed by atoms with Gasteiger partial charge in [-0.3, -0.25) is 14.5 Å². The number of nitrogens with one attached hydrogen (secondary N) is 1. The van der Waals surface area contributed by atoms with Gasteiger partial charge in [0, 0.05) is 19.4 Å². The second-order valence-electron chi connectivity index (χ2n) is 5.13. The Bertz CT molecular complexity index is 516. The number of rotatable bonds is 5. The number of nitrogens with zero attached hydrogens (tertiary/aromatic N) is 2. The van der Waals surface area contributed by atoms with Crippen LogP contribution < -0.4 is 5.32 Å². The summed E-state index contributed by atoms with van der Waals surface area (Å²) in [5, 5.41) is 3.65. The van der Waals surface area contributed by atoms with Crippen LogP contribution in [0.5, 0.6) is 0 Å². The highest BCUT2D eigenvalue weighted by Crippen LogP contribution is 2.21. The summed E-state index contributed by atoms with van der Waals surface area (Å²) in [6.45, 7) is 3.03. The molecule has 1 N–H and O–H groups in total. The molecule has 0 radical (unpaired) electrons. The molecule has 1 fully saturated rings. The first-order chi connectivity index (χ1) is 10.1. The molecule has 0 aromatic carbocycles. The van der Waals surface area contributed by atoms with Crippen molar-refractivity contribution in [3.63, 3.8) is 0 Å². The summed E-state index contributed by atoms with van der Waals surface area (Å²) in [7, 11) is 0. The molecule has 2 heterocycles. The molecule has 114 valence electrons. The second-order valence-corrected chi connectivity index (χ2v) is 5.54. The minimum Gasteiger partial charge on any atom is -0.370 e. The number of anilines is 1. The van der Waals surface area contributed by atoms with E-state index in [1.807, 2.05) is 0 Å². The van der Waals surface area contributed by atoms with Crippen LogP contribution in [0.15, 0.2) is 12.1 Å². The quantitative estimate of drug-likeness (QED) is 0.849. The van der Waals surface area contributed by atoms with Crippen LogP contribution in [0.1, 0.15) is 44.7 Å². The highest BCUT2D eigenvalue weighted by Gasteiger charge is 2.25. The molecular formula is C15H20ClN3O2. The van der Waals surface area contributed by atoms with Gasteiger partial charge in [-0.05, 0) is 31.4 Å². The fraction of sp³-hybridized carbons (Fsp3) is 0.533. The van der Waals surface area contributed by atoms with Crippen molar-refractivity contribution in [1.82, 2.24) is 9.88 Å². The Morgan fingerprint density at radius 1 is 1.24 bits per heavy atom. The zero-order valence-electron chi connectivity index (χ0n) is 12.2. The molecule has 1 aliphatic heterocycles. The number of hydrogen-bond donors (Lipinski definition) is 1. The van der Waals surface area contributed by atoms with E-state index in [4.69, 9.17) is 11.6 Å². The van der Waals surface area contributed by atoms with Crippen molar-refractivity contribution < 1.29 is 9.59 Å². The molecule has 21 heavy (non-hydrogen) atoms.